The van der Waals surface area contributed by atoms with Crippen molar-refractivity contribution in [3.8, 4) is 0 Å². The molecule has 1 saturated heterocycles. The van der Waals surface area contributed by atoms with Crippen molar-refractivity contribution in [3.63, 3.8) is 0 Å². The minimum Gasteiger partial charge on any atom is -0.323 e. The Morgan fingerprint density at radius 1 is 1.08 bits per heavy atom. The highest BCUT2D eigenvalue weighted by molar-refractivity contribution is 6.33. The highest BCUT2D eigenvalue weighted by Gasteiger charge is 2.50. The monoisotopic (exact) mass is 391 g/mol. The second kappa shape index (κ2) is 6.97. The Hall–Kier alpha value is -2.57. The number of carbonyl (C=O) groups is 3. The van der Waals surface area contributed by atoms with Crippen LogP contribution in [0.5, 0.6) is 0 Å². The van der Waals surface area contributed by atoms with Gasteiger partial charge in [0.25, 0.3) is 5.91 Å². The summed E-state index contributed by atoms with van der Waals surface area (Å²) in [5.74, 6) is -1.09. The van der Waals surface area contributed by atoms with Gasteiger partial charge in [0.05, 0.1) is 10.7 Å². The summed E-state index contributed by atoms with van der Waals surface area (Å²) in [6.45, 7) is 1.12. The largest absolute Gasteiger partial charge is 0.325 e. The maximum atomic E-state index is 12.8. The molecule has 2 N–H and O–H groups in total. The summed E-state index contributed by atoms with van der Waals surface area (Å²) >= 11 is 12.2. The van der Waals surface area contributed by atoms with Gasteiger partial charge in [-0.1, -0.05) is 53.5 Å². The molecule has 0 aliphatic carbocycles. The first-order valence-corrected chi connectivity index (χ1v) is 8.52. The van der Waals surface area contributed by atoms with Crippen molar-refractivity contribution >= 4 is 46.7 Å². The topological polar surface area (TPSA) is 78.5 Å². The number of nitrogens with one attached hydrogen (secondary N) is 2. The quantitative estimate of drug-likeness (QED) is 0.783. The van der Waals surface area contributed by atoms with Gasteiger partial charge in [-0.3, -0.25) is 14.5 Å². The lowest BCUT2D eigenvalue weighted by Gasteiger charge is -2.23. The Kier molecular flexibility index (Phi) is 4.89. The highest BCUT2D eigenvalue weighted by Crippen LogP contribution is 2.33. The van der Waals surface area contributed by atoms with Crippen LogP contribution in [0.3, 0.4) is 0 Å². The lowest BCUT2D eigenvalue weighted by molar-refractivity contribution is -0.133. The van der Waals surface area contributed by atoms with Crippen LogP contribution in [-0.4, -0.2) is 29.3 Å². The predicted molar refractivity (Wildman–Crippen MR) is 99.1 cm³/mol. The van der Waals surface area contributed by atoms with Crippen molar-refractivity contribution in [2.24, 2.45) is 0 Å². The van der Waals surface area contributed by atoms with Crippen molar-refractivity contribution in [3.05, 3.63) is 64.1 Å². The molecule has 0 spiro atoms. The van der Waals surface area contributed by atoms with Crippen molar-refractivity contribution in [1.29, 1.82) is 0 Å². The van der Waals surface area contributed by atoms with E-state index in [-0.39, 0.29) is 0 Å². The van der Waals surface area contributed by atoms with Gasteiger partial charge in [-0.25, -0.2) is 4.79 Å². The maximum absolute atomic E-state index is 12.8. The summed E-state index contributed by atoms with van der Waals surface area (Å²) < 4.78 is 0. The van der Waals surface area contributed by atoms with E-state index < -0.39 is 29.9 Å². The van der Waals surface area contributed by atoms with E-state index in [1.807, 2.05) is 0 Å². The van der Waals surface area contributed by atoms with Gasteiger partial charge in [-0.2, -0.15) is 0 Å². The molecule has 4 amide bonds. The molecule has 0 saturated carbocycles. The molecule has 1 fully saturated rings. The third kappa shape index (κ3) is 3.25. The Labute approximate surface area is 160 Å². The van der Waals surface area contributed by atoms with Gasteiger partial charge >= 0.3 is 6.03 Å². The molecule has 8 heteroatoms. The van der Waals surface area contributed by atoms with Crippen LogP contribution in [0, 0.1) is 0 Å². The Morgan fingerprint density at radius 3 is 2.35 bits per heavy atom. The van der Waals surface area contributed by atoms with Crippen LogP contribution in [0.4, 0.5) is 10.5 Å². The van der Waals surface area contributed by atoms with E-state index in [0.29, 0.717) is 21.3 Å². The van der Waals surface area contributed by atoms with Crippen LogP contribution in [0.1, 0.15) is 12.5 Å². The normalized spacial score (nSPS) is 19.4. The molecule has 2 aromatic rings. The minimum atomic E-state index is -1.33. The third-order valence-electron chi connectivity index (χ3n) is 4.14. The van der Waals surface area contributed by atoms with Gasteiger partial charge in [-0.15, -0.1) is 0 Å². The molecule has 0 bridgehead atoms. The average molecular weight is 392 g/mol. The number of benzene rings is 2. The highest BCUT2D eigenvalue weighted by atomic mass is 35.5. The number of hydrogen-bond donors (Lipinski definition) is 2. The predicted octanol–water partition coefficient (Wildman–Crippen LogP) is 3.40. The Balaban J connectivity index is 1.78. The van der Waals surface area contributed by atoms with Crippen LogP contribution < -0.4 is 10.6 Å². The summed E-state index contributed by atoms with van der Waals surface area (Å²) in [5, 5.41) is 5.91. The zero-order valence-electron chi connectivity index (χ0n) is 13.8. The second-order valence-electron chi connectivity index (χ2n) is 5.95. The summed E-state index contributed by atoms with van der Waals surface area (Å²) in [7, 11) is 0. The molecule has 134 valence electrons. The van der Waals surface area contributed by atoms with Crippen molar-refractivity contribution in [2.45, 2.75) is 12.5 Å². The fourth-order valence-electron chi connectivity index (χ4n) is 2.79. The van der Waals surface area contributed by atoms with Gasteiger partial charge in [0.2, 0.25) is 5.91 Å². The number of anilines is 1. The summed E-state index contributed by atoms with van der Waals surface area (Å²) in [6.07, 6.45) is 0. The number of urea groups is 1. The zero-order valence-corrected chi connectivity index (χ0v) is 15.3. The first-order chi connectivity index (χ1) is 12.3. The number of rotatable bonds is 4. The van der Waals surface area contributed by atoms with Crippen molar-refractivity contribution < 1.29 is 14.4 Å². The van der Waals surface area contributed by atoms with Gasteiger partial charge < -0.3 is 10.6 Å². The average Bonchev–Trinajstić information content (AvgIpc) is 2.81. The van der Waals surface area contributed by atoms with Gasteiger partial charge in [0.15, 0.2) is 0 Å². The first-order valence-electron chi connectivity index (χ1n) is 7.76. The summed E-state index contributed by atoms with van der Waals surface area (Å²) in [5.41, 5.74) is -0.464. The standard InChI is InChI=1S/C18H15Cl2N3O3/c1-18(11-6-2-3-7-12(11)19)16(25)23(17(26)22-18)10-15(24)21-14-9-5-4-8-13(14)20/h2-9H,10H2,1H3,(H,21,24)(H,22,26)/t18-/m0/s1. The SMILES string of the molecule is C[C@@]1(c2ccccc2Cl)NC(=O)N(CC(=O)Nc2ccccc2Cl)C1=O. The van der Waals surface area contributed by atoms with E-state index in [1.165, 1.54) is 0 Å². The first kappa shape index (κ1) is 18.2. The molecule has 1 aliphatic heterocycles. The fourth-order valence-corrected chi connectivity index (χ4v) is 3.29. The number of amides is 4. The van der Waals surface area contributed by atoms with E-state index in [2.05, 4.69) is 10.6 Å². The Bertz CT molecular complexity index is 903. The van der Waals surface area contributed by atoms with Crippen molar-refractivity contribution in [2.75, 3.05) is 11.9 Å². The van der Waals surface area contributed by atoms with E-state index >= 15 is 0 Å². The van der Waals surface area contributed by atoms with E-state index in [1.54, 1.807) is 55.5 Å². The van der Waals surface area contributed by atoms with Crippen molar-refractivity contribution in [1.82, 2.24) is 10.2 Å². The van der Waals surface area contributed by atoms with Gasteiger partial charge in [-0.05, 0) is 25.1 Å². The molecule has 3 rings (SSSR count). The van der Waals surface area contributed by atoms with Crippen LogP contribution >= 0.6 is 23.2 Å². The van der Waals surface area contributed by atoms with E-state index in [0.717, 1.165) is 4.90 Å². The van der Waals surface area contributed by atoms with Gasteiger partial charge in [0, 0.05) is 10.6 Å². The minimum absolute atomic E-state index is 0.353. The fraction of sp³-hybridized carbons (Fsp3) is 0.167. The van der Waals surface area contributed by atoms with E-state index in [9.17, 15) is 14.4 Å². The molecule has 1 atom stereocenters. The smallest absolute Gasteiger partial charge is 0.323 e. The van der Waals surface area contributed by atoms with Gasteiger partial charge in [0.1, 0.15) is 12.1 Å². The van der Waals surface area contributed by atoms with Crippen LogP contribution in [0.15, 0.2) is 48.5 Å². The summed E-state index contributed by atoms with van der Waals surface area (Å²) in [4.78, 5) is 38.2. The Morgan fingerprint density at radius 2 is 1.69 bits per heavy atom. The third-order valence-corrected chi connectivity index (χ3v) is 4.80. The molecule has 2 aromatic carbocycles. The second-order valence-corrected chi connectivity index (χ2v) is 6.77. The molecule has 1 aliphatic rings. The van der Waals surface area contributed by atoms with E-state index in [4.69, 9.17) is 23.2 Å². The summed E-state index contributed by atoms with van der Waals surface area (Å²) in [6, 6.07) is 12.8. The lowest BCUT2D eigenvalue weighted by atomic mass is 9.92. The number of imide groups is 1. The number of halogens is 2. The zero-order chi connectivity index (χ0) is 18.9. The molecule has 0 unspecified atom stereocenters. The molecule has 6 nitrogen and oxygen atoms in total. The van der Waals surface area contributed by atoms with Crippen LogP contribution in [-0.2, 0) is 15.1 Å². The van der Waals surface area contributed by atoms with Crippen LogP contribution in [0.25, 0.3) is 0 Å². The molecular formula is C18H15Cl2N3O3. The number of carbonyl (C=O) groups excluding carboxylic acids is 3. The number of para-hydroxylation sites is 1. The number of nitrogens with zero attached hydrogens (tertiary/aromatic N) is 1. The number of hydrogen-bond acceptors (Lipinski definition) is 3. The molecule has 26 heavy (non-hydrogen) atoms. The maximum Gasteiger partial charge on any atom is 0.325 e. The molecule has 0 radical (unpaired) electrons. The lowest BCUT2D eigenvalue weighted by Crippen LogP contribution is -2.42. The van der Waals surface area contributed by atoms with Crippen LogP contribution in [0.2, 0.25) is 10.0 Å². The molecule has 0 aromatic heterocycles. The molecular weight excluding hydrogens is 377 g/mol. The molecule has 1 heterocycles.